The van der Waals surface area contributed by atoms with E-state index in [0.29, 0.717) is 26.1 Å². The molecule has 0 radical (unpaired) electrons. The molecule has 2 amide bonds. The van der Waals surface area contributed by atoms with Gasteiger partial charge in [0.25, 0.3) is 0 Å². The number of likely N-dealkylation sites (tertiary alicyclic amines) is 1. The summed E-state index contributed by atoms with van der Waals surface area (Å²) in [6.07, 6.45) is 10.3. The molecule has 0 aromatic carbocycles. The van der Waals surface area contributed by atoms with E-state index in [4.69, 9.17) is 0 Å². The first kappa shape index (κ1) is 18.4. The predicted octanol–water partition coefficient (Wildman–Crippen LogP) is 1.62. The molecule has 2 fully saturated rings. The molecule has 154 valence electrons. The number of carbonyl (C=O) groups excluding carboxylic acids is 2. The first-order valence-corrected chi connectivity index (χ1v) is 10.7. The Kier molecular flexibility index (Phi) is 4.44. The largest absolute Gasteiger partial charge is 0.348 e. The Hall–Kier alpha value is -2.64. The number of piperidine rings is 1. The van der Waals surface area contributed by atoms with Crippen LogP contribution < -0.4 is 0 Å². The lowest BCUT2D eigenvalue weighted by Crippen LogP contribution is -2.59. The van der Waals surface area contributed by atoms with Crippen LogP contribution in [0, 0.1) is 12.8 Å². The molecule has 1 spiro atoms. The Bertz CT molecular complexity index is 919. The Morgan fingerprint density at radius 1 is 1.21 bits per heavy atom. The van der Waals surface area contributed by atoms with E-state index in [1.807, 2.05) is 22.6 Å². The number of hydrogen-bond donors (Lipinski definition) is 1. The number of amides is 2. The van der Waals surface area contributed by atoms with Gasteiger partial charge >= 0.3 is 0 Å². The Morgan fingerprint density at radius 2 is 2.00 bits per heavy atom. The number of rotatable bonds is 4. The molecule has 0 unspecified atom stereocenters. The van der Waals surface area contributed by atoms with Crippen molar-refractivity contribution in [2.24, 2.45) is 5.92 Å². The molecule has 1 saturated heterocycles. The third kappa shape index (κ3) is 3.14. The van der Waals surface area contributed by atoms with Crippen LogP contribution in [0.4, 0.5) is 0 Å². The van der Waals surface area contributed by atoms with Crippen LogP contribution in [0.1, 0.15) is 49.3 Å². The average Bonchev–Trinajstić information content (AvgIpc) is 3.33. The smallest absolute Gasteiger partial charge is 0.226 e. The van der Waals surface area contributed by atoms with Crippen LogP contribution in [0.2, 0.25) is 0 Å². The molecule has 5 rings (SSSR count). The highest BCUT2D eigenvalue weighted by atomic mass is 16.2. The standard InChI is InChI=1S/C21H28N6O2/c1-15-22-8-13-25(15)9-5-18(28)26-11-6-21(7-12-26)19-17(23-14-24-19)4-10-27(21)20(29)16-2-3-16/h8,13-14,16H,2-7,9-12H2,1H3,(H,23,24). The number of aromatic amines is 1. The molecule has 2 aliphatic heterocycles. The fourth-order valence-electron chi connectivity index (χ4n) is 5.00. The highest BCUT2D eigenvalue weighted by Crippen LogP contribution is 2.45. The van der Waals surface area contributed by atoms with Crippen LogP contribution in [-0.4, -0.2) is 60.8 Å². The van der Waals surface area contributed by atoms with E-state index < -0.39 is 0 Å². The zero-order chi connectivity index (χ0) is 20.0. The van der Waals surface area contributed by atoms with Gasteiger partial charge in [-0.05, 0) is 32.6 Å². The molecule has 1 aliphatic carbocycles. The van der Waals surface area contributed by atoms with Crippen molar-refractivity contribution in [3.8, 4) is 0 Å². The number of H-pyrrole nitrogens is 1. The van der Waals surface area contributed by atoms with Gasteiger partial charge in [-0.15, -0.1) is 0 Å². The molecule has 1 saturated carbocycles. The van der Waals surface area contributed by atoms with Gasteiger partial charge in [0.15, 0.2) is 0 Å². The Labute approximate surface area is 170 Å². The summed E-state index contributed by atoms with van der Waals surface area (Å²) in [6, 6.07) is 0. The molecule has 3 aliphatic rings. The Balaban J connectivity index is 1.30. The zero-order valence-electron chi connectivity index (χ0n) is 16.9. The number of fused-ring (bicyclic) bond motifs is 2. The molecule has 8 heteroatoms. The summed E-state index contributed by atoms with van der Waals surface area (Å²) in [7, 11) is 0. The van der Waals surface area contributed by atoms with Crippen molar-refractivity contribution in [2.75, 3.05) is 19.6 Å². The molecule has 2 aromatic rings. The van der Waals surface area contributed by atoms with E-state index in [-0.39, 0.29) is 23.3 Å². The van der Waals surface area contributed by atoms with Crippen molar-refractivity contribution in [2.45, 2.75) is 57.5 Å². The quantitative estimate of drug-likeness (QED) is 0.851. The van der Waals surface area contributed by atoms with Crippen molar-refractivity contribution in [1.82, 2.24) is 29.3 Å². The van der Waals surface area contributed by atoms with Gasteiger partial charge in [-0.3, -0.25) is 9.59 Å². The van der Waals surface area contributed by atoms with Crippen molar-refractivity contribution in [1.29, 1.82) is 0 Å². The Morgan fingerprint density at radius 3 is 2.69 bits per heavy atom. The summed E-state index contributed by atoms with van der Waals surface area (Å²) in [5.41, 5.74) is 1.82. The van der Waals surface area contributed by atoms with Gasteiger partial charge < -0.3 is 19.4 Å². The van der Waals surface area contributed by atoms with Crippen LogP contribution in [-0.2, 0) is 28.1 Å². The minimum absolute atomic E-state index is 0.172. The van der Waals surface area contributed by atoms with E-state index in [0.717, 1.165) is 55.9 Å². The lowest BCUT2D eigenvalue weighted by atomic mass is 9.78. The number of nitrogens with zero attached hydrogens (tertiary/aromatic N) is 5. The first-order chi connectivity index (χ1) is 14.1. The van der Waals surface area contributed by atoms with E-state index in [1.54, 1.807) is 12.5 Å². The molecule has 29 heavy (non-hydrogen) atoms. The minimum atomic E-state index is -0.356. The van der Waals surface area contributed by atoms with Crippen LogP contribution in [0.15, 0.2) is 18.7 Å². The highest BCUT2D eigenvalue weighted by molar-refractivity contribution is 5.82. The van der Waals surface area contributed by atoms with Crippen molar-refractivity contribution >= 4 is 11.8 Å². The van der Waals surface area contributed by atoms with E-state index in [2.05, 4.69) is 19.9 Å². The van der Waals surface area contributed by atoms with Crippen LogP contribution >= 0.6 is 0 Å². The molecule has 0 atom stereocenters. The molecule has 8 nitrogen and oxygen atoms in total. The molecule has 1 N–H and O–H groups in total. The van der Waals surface area contributed by atoms with Crippen LogP contribution in [0.25, 0.3) is 0 Å². The van der Waals surface area contributed by atoms with Gasteiger partial charge in [-0.25, -0.2) is 9.97 Å². The maximum absolute atomic E-state index is 13.0. The number of hydrogen-bond acceptors (Lipinski definition) is 4. The average molecular weight is 396 g/mol. The summed E-state index contributed by atoms with van der Waals surface area (Å²) >= 11 is 0. The monoisotopic (exact) mass is 396 g/mol. The third-order valence-electron chi connectivity index (χ3n) is 6.89. The second-order valence-corrected chi connectivity index (χ2v) is 8.57. The van der Waals surface area contributed by atoms with Gasteiger partial charge in [0.05, 0.1) is 17.6 Å². The van der Waals surface area contributed by atoms with E-state index in [9.17, 15) is 9.59 Å². The first-order valence-electron chi connectivity index (χ1n) is 10.7. The van der Waals surface area contributed by atoms with Crippen LogP contribution in [0.3, 0.4) is 0 Å². The maximum atomic E-state index is 13.0. The molecule has 0 bridgehead atoms. The summed E-state index contributed by atoms with van der Waals surface area (Å²) in [6.45, 7) is 4.69. The number of nitrogens with one attached hydrogen (secondary N) is 1. The maximum Gasteiger partial charge on any atom is 0.226 e. The predicted molar refractivity (Wildman–Crippen MR) is 106 cm³/mol. The van der Waals surface area contributed by atoms with Gasteiger partial charge in [-0.2, -0.15) is 0 Å². The van der Waals surface area contributed by atoms with Gasteiger partial charge in [0.2, 0.25) is 11.8 Å². The lowest BCUT2D eigenvalue weighted by molar-refractivity contribution is -0.145. The van der Waals surface area contributed by atoms with E-state index in [1.165, 1.54) is 0 Å². The summed E-state index contributed by atoms with van der Waals surface area (Å²) in [5, 5.41) is 0. The van der Waals surface area contributed by atoms with Crippen molar-refractivity contribution < 1.29 is 9.59 Å². The second-order valence-electron chi connectivity index (χ2n) is 8.57. The molecule has 2 aromatic heterocycles. The van der Waals surface area contributed by atoms with Gasteiger partial charge in [0, 0.05) is 63.0 Å². The SMILES string of the molecule is Cc1nccn1CCC(=O)N1CCC2(CC1)c1nc[nH]c1CCN2C(=O)C1CC1. The highest BCUT2D eigenvalue weighted by Gasteiger charge is 2.51. The van der Waals surface area contributed by atoms with Gasteiger partial charge in [-0.1, -0.05) is 0 Å². The fraction of sp³-hybridized carbons (Fsp3) is 0.619. The van der Waals surface area contributed by atoms with Crippen LogP contribution in [0.5, 0.6) is 0 Å². The summed E-state index contributed by atoms with van der Waals surface area (Å²) in [5.74, 6) is 1.59. The third-order valence-corrected chi connectivity index (χ3v) is 6.89. The molecular weight excluding hydrogens is 368 g/mol. The lowest BCUT2D eigenvalue weighted by Gasteiger charge is -2.50. The number of aromatic nitrogens is 4. The number of aryl methyl sites for hydroxylation is 2. The topological polar surface area (TPSA) is 87.1 Å². The van der Waals surface area contributed by atoms with E-state index >= 15 is 0 Å². The molecule has 4 heterocycles. The number of imidazole rings is 2. The second kappa shape index (κ2) is 7.00. The van der Waals surface area contributed by atoms with Crippen molar-refractivity contribution in [3.63, 3.8) is 0 Å². The number of carbonyl (C=O) groups is 2. The summed E-state index contributed by atoms with van der Waals surface area (Å²) in [4.78, 5) is 42.0. The zero-order valence-corrected chi connectivity index (χ0v) is 16.9. The van der Waals surface area contributed by atoms with Gasteiger partial charge in [0.1, 0.15) is 5.82 Å². The fourth-order valence-corrected chi connectivity index (χ4v) is 5.00. The van der Waals surface area contributed by atoms with Crippen molar-refractivity contribution in [3.05, 3.63) is 35.9 Å². The summed E-state index contributed by atoms with van der Waals surface area (Å²) < 4.78 is 2.01. The minimum Gasteiger partial charge on any atom is -0.348 e. The molecular formula is C21H28N6O2. The normalized spacial score (nSPS) is 20.7.